The van der Waals surface area contributed by atoms with Crippen molar-refractivity contribution in [2.75, 3.05) is 6.54 Å². The maximum Gasteiger partial charge on any atom is 0.216 e. The molecular weight excluding hydrogens is 202 g/mol. The standard InChI is InChI=1S/C13H15NO2/c1-11(16)14-8-3-2-5-12-6-4-7-13(9-12)10-15/h2,4-7,9-10H,3,8H2,1H3,(H,14,16). The molecule has 1 N–H and O–H groups in total. The maximum absolute atomic E-state index is 10.6. The molecule has 1 rings (SSSR count). The number of benzene rings is 1. The highest BCUT2D eigenvalue weighted by Gasteiger charge is 1.91. The molecule has 3 heteroatoms. The lowest BCUT2D eigenvalue weighted by Crippen LogP contribution is -2.20. The lowest BCUT2D eigenvalue weighted by atomic mass is 10.1. The number of hydrogen-bond acceptors (Lipinski definition) is 2. The van der Waals surface area contributed by atoms with Crippen LogP contribution in [0.2, 0.25) is 0 Å². The highest BCUT2D eigenvalue weighted by Crippen LogP contribution is 2.05. The molecule has 16 heavy (non-hydrogen) atoms. The zero-order valence-corrected chi connectivity index (χ0v) is 9.27. The number of hydrogen-bond donors (Lipinski definition) is 1. The van der Waals surface area contributed by atoms with Gasteiger partial charge in [-0.3, -0.25) is 9.59 Å². The van der Waals surface area contributed by atoms with E-state index in [1.54, 1.807) is 6.07 Å². The van der Waals surface area contributed by atoms with Gasteiger partial charge in [-0.05, 0) is 18.1 Å². The highest BCUT2D eigenvalue weighted by atomic mass is 16.1. The second-order valence-corrected chi connectivity index (χ2v) is 3.46. The fourth-order valence-electron chi connectivity index (χ4n) is 1.29. The predicted molar refractivity (Wildman–Crippen MR) is 64.2 cm³/mol. The average molecular weight is 217 g/mol. The molecule has 0 unspecified atom stereocenters. The van der Waals surface area contributed by atoms with E-state index in [4.69, 9.17) is 0 Å². The van der Waals surface area contributed by atoms with Crippen molar-refractivity contribution < 1.29 is 9.59 Å². The molecule has 0 radical (unpaired) electrons. The first kappa shape index (κ1) is 12.2. The first-order chi connectivity index (χ1) is 7.72. The topological polar surface area (TPSA) is 46.2 Å². The number of rotatable bonds is 5. The SMILES string of the molecule is CC(=O)NCCC=Cc1cccc(C=O)c1. The summed E-state index contributed by atoms with van der Waals surface area (Å²) in [6.07, 6.45) is 5.52. The Kier molecular flexibility index (Phi) is 4.99. The molecule has 84 valence electrons. The summed E-state index contributed by atoms with van der Waals surface area (Å²) >= 11 is 0. The van der Waals surface area contributed by atoms with Crippen LogP contribution in [0.5, 0.6) is 0 Å². The largest absolute Gasteiger partial charge is 0.356 e. The number of nitrogens with one attached hydrogen (secondary N) is 1. The van der Waals surface area contributed by atoms with E-state index in [1.807, 2.05) is 30.4 Å². The van der Waals surface area contributed by atoms with Crippen LogP contribution in [0.3, 0.4) is 0 Å². The third kappa shape index (κ3) is 4.55. The Bertz CT molecular complexity index is 397. The number of aldehydes is 1. The van der Waals surface area contributed by atoms with Gasteiger partial charge in [0.15, 0.2) is 0 Å². The molecule has 1 aromatic carbocycles. The summed E-state index contributed by atoms with van der Waals surface area (Å²) in [7, 11) is 0. The minimum absolute atomic E-state index is 0.0173. The Morgan fingerprint density at radius 1 is 1.38 bits per heavy atom. The smallest absolute Gasteiger partial charge is 0.216 e. The van der Waals surface area contributed by atoms with Gasteiger partial charge in [-0.1, -0.05) is 30.4 Å². The molecule has 0 bridgehead atoms. The molecule has 0 aliphatic carbocycles. The van der Waals surface area contributed by atoms with Gasteiger partial charge >= 0.3 is 0 Å². The van der Waals surface area contributed by atoms with Crippen molar-refractivity contribution in [3.05, 3.63) is 41.5 Å². The first-order valence-corrected chi connectivity index (χ1v) is 5.18. The molecule has 0 aliphatic heterocycles. The lowest BCUT2D eigenvalue weighted by molar-refractivity contribution is -0.118. The highest BCUT2D eigenvalue weighted by molar-refractivity contribution is 5.76. The predicted octanol–water partition coefficient (Wildman–Crippen LogP) is 2.04. The molecule has 0 aliphatic rings. The van der Waals surface area contributed by atoms with E-state index in [1.165, 1.54) is 6.92 Å². The molecule has 0 aromatic heterocycles. The molecule has 3 nitrogen and oxygen atoms in total. The van der Waals surface area contributed by atoms with Crippen LogP contribution in [0.1, 0.15) is 29.3 Å². The Labute approximate surface area is 95.2 Å². The zero-order valence-electron chi connectivity index (χ0n) is 9.27. The van der Waals surface area contributed by atoms with E-state index in [9.17, 15) is 9.59 Å². The van der Waals surface area contributed by atoms with Crippen LogP contribution in [0, 0.1) is 0 Å². The summed E-state index contributed by atoms with van der Waals surface area (Å²) in [5.41, 5.74) is 1.66. The van der Waals surface area contributed by atoms with E-state index in [0.717, 1.165) is 18.3 Å². The summed E-state index contributed by atoms with van der Waals surface area (Å²) < 4.78 is 0. The van der Waals surface area contributed by atoms with Crippen molar-refractivity contribution in [3.63, 3.8) is 0 Å². The molecule has 0 saturated heterocycles. The molecular formula is C13H15NO2. The lowest BCUT2D eigenvalue weighted by Gasteiger charge is -1.97. The van der Waals surface area contributed by atoms with Crippen LogP contribution in [0.25, 0.3) is 6.08 Å². The summed E-state index contributed by atoms with van der Waals surface area (Å²) in [4.78, 5) is 21.1. The summed E-state index contributed by atoms with van der Waals surface area (Å²) in [6.45, 7) is 2.14. The third-order valence-corrected chi connectivity index (χ3v) is 2.04. The monoisotopic (exact) mass is 217 g/mol. The normalized spacial score (nSPS) is 10.3. The van der Waals surface area contributed by atoms with Crippen LogP contribution in [0.15, 0.2) is 30.3 Å². The number of amides is 1. The van der Waals surface area contributed by atoms with Crippen LogP contribution in [0.4, 0.5) is 0 Å². The van der Waals surface area contributed by atoms with Crippen molar-refractivity contribution in [1.29, 1.82) is 0 Å². The second-order valence-electron chi connectivity index (χ2n) is 3.46. The molecule has 1 aromatic rings. The molecule has 0 heterocycles. The van der Waals surface area contributed by atoms with Crippen molar-refractivity contribution in [3.8, 4) is 0 Å². The maximum atomic E-state index is 10.6. The fraction of sp³-hybridized carbons (Fsp3) is 0.231. The van der Waals surface area contributed by atoms with E-state index in [0.29, 0.717) is 12.1 Å². The Balaban J connectivity index is 2.43. The van der Waals surface area contributed by atoms with Crippen molar-refractivity contribution in [2.24, 2.45) is 0 Å². The van der Waals surface area contributed by atoms with Crippen molar-refractivity contribution >= 4 is 18.3 Å². The first-order valence-electron chi connectivity index (χ1n) is 5.18. The summed E-state index contributed by atoms with van der Waals surface area (Å²) in [5, 5.41) is 2.71. The second kappa shape index (κ2) is 6.56. The van der Waals surface area contributed by atoms with Gasteiger partial charge in [-0.15, -0.1) is 0 Å². The quantitative estimate of drug-likeness (QED) is 0.606. The minimum Gasteiger partial charge on any atom is -0.356 e. The van der Waals surface area contributed by atoms with Crippen LogP contribution in [-0.2, 0) is 4.79 Å². The Hall–Kier alpha value is -1.90. The van der Waals surface area contributed by atoms with E-state index < -0.39 is 0 Å². The zero-order chi connectivity index (χ0) is 11.8. The molecule has 1 amide bonds. The van der Waals surface area contributed by atoms with Gasteiger partial charge in [0.2, 0.25) is 5.91 Å². The van der Waals surface area contributed by atoms with E-state index in [2.05, 4.69) is 5.32 Å². The molecule has 0 saturated carbocycles. The van der Waals surface area contributed by atoms with E-state index in [-0.39, 0.29) is 5.91 Å². The Morgan fingerprint density at radius 3 is 2.81 bits per heavy atom. The van der Waals surface area contributed by atoms with Gasteiger partial charge in [0, 0.05) is 19.0 Å². The number of carbonyl (C=O) groups is 2. The van der Waals surface area contributed by atoms with Gasteiger partial charge in [-0.2, -0.15) is 0 Å². The molecule has 0 fully saturated rings. The number of carbonyl (C=O) groups excluding carboxylic acids is 2. The summed E-state index contributed by atoms with van der Waals surface area (Å²) in [6, 6.07) is 7.36. The van der Waals surface area contributed by atoms with Gasteiger partial charge < -0.3 is 5.32 Å². The van der Waals surface area contributed by atoms with Gasteiger partial charge in [0.25, 0.3) is 0 Å². The van der Waals surface area contributed by atoms with Crippen molar-refractivity contribution in [1.82, 2.24) is 5.32 Å². The third-order valence-electron chi connectivity index (χ3n) is 2.04. The van der Waals surface area contributed by atoms with E-state index >= 15 is 0 Å². The fourth-order valence-corrected chi connectivity index (χ4v) is 1.29. The van der Waals surface area contributed by atoms with Gasteiger partial charge in [0.1, 0.15) is 6.29 Å². The van der Waals surface area contributed by atoms with Gasteiger partial charge in [0.05, 0.1) is 0 Å². The van der Waals surface area contributed by atoms with Crippen LogP contribution >= 0.6 is 0 Å². The Morgan fingerprint density at radius 2 is 2.12 bits per heavy atom. The minimum atomic E-state index is -0.0173. The average Bonchev–Trinajstić information content (AvgIpc) is 2.28. The summed E-state index contributed by atoms with van der Waals surface area (Å²) in [5.74, 6) is -0.0173. The van der Waals surface area contributed by atoms with Crippen molar-refractivity contribution in [2.45, 2.75) is 13.3 Å². The molecule has 0 atom stereocenters. The molecule has 0 spiro atoms. The van der Waals surface area contributed by atoms with Crippen LogP contribution in [-0.4, -0.2) is 18.7 Å². The van der Waals surface area contributed by atoms with Gasteiger partial charge in [-0.25, -0.2) is 0 Å². The van der Waals surface area contributed by atoms with Crippen LogP contribution < -0.4 is 5.32 Å².